The van der Waals surface area contributed by atoms with E-state index in [0.717, 1.165) is 17.7 Å². The molecule has 1 aliphatic rings. The minimum atomic E-state index is -4.44. The first kappa shape index (κ1) is 12.2. The molecule has 2 nitrogen and oxygen atoms in total. The second-order valence-corrected chi connectivity index (χ2v) is 4.48. The van der Waals surface area contributed by atoms with Crippen LogP contribution in [0.25, 0.3) is 11.1 Å². The van der Waals surface area contributed by atoms with E-state index >= 15 is 0 Å². The van der Waals surface area contributed by atoms with Crippen molar-refractivity contribution in [3.63, 3.8) is 0 Å². The van der Waals surface area contributed by atoms with Gasteiger partial charge in [0.1, 0.15) is 0 Å². The summed E-state index contributed by atoms with van der Waals surface area (Å²) in [5, 5.41) is 3.17. The summed E-state index contributed by atoms with van der Waals surface area (Å²) in [5.41, 5.74) is 2.05. The summed E-state index contributed by atoms with van der Waals surface area (Å²) in [4.78, 5) is 3.48. The third-order valence-electron chi connectivity index (χ3n) is 3.22. The summed E-state index contributed by atoms with van der Waals surface area (Å²) in [6, 6.07) is 8.38. The first-order valence-corrected chi connectivity index (χ1v) is 5.91. The van der Waals surface area contributed by atoms with E-state index in [1.807, 2.05) is 12.1 Å². The SMILES string of the molecule is FC(F)(F)c1ncccc1-c1ccc2c(c1)CNC2. The van der Waals surface area contributed by atoms with Gasteiger partial charge in [0, 0.05) is 24.8 Å². The molecule has 3 rings (SSSR count). The Labute approximate surface area is 108 Å². The van der Waals surface area contributed by atoms with Crippen molar-refractivity contribution in [2.75, 3.05) is 0 Å². The highest BCUT2D eigenvalue weighted by Crippen LogP contribution is 2.36. The first-order chi connectivity index (χ1) is 9.05. The monoisotopic (exact) mass is 264 g/mol. The quantitative estimate of drug-likeness (QED) is 0.854. The highest BCUT2D eigenvalue weighted by molar-refractivity contribution is 5.68. The maximum atomic E-state index is 12.9. The van der Waals surface area contributed by atoms with E-state index in [9.17, 15) is 13.2 Å². The molecule has 1 N–H and O–H groups in total. The molecule has 0 atom stereocenters. The molecule has 0 fully saturated rings. The lowest BCUT2D eigenvalue weighted by Crippen LogP contribution is -2.09. The third kappa shape index (κ3) is 2.21. The number of nitrogens with one attached hydrogen (secondary N) is 1. The molecule has 2 heterocycles. The van der Waals surface area contributed by atoms with E-state index in [2.05, 4.69) is 10.3 Å². The lowest BCUT2D eigenvalue weighted by molar-refractivity contribution is -0.140. The van der Waals surface area contributed by atoms with Crippen molar-refractivity contribution in [3.05, 3.63) is 53.3 Å². The van der Waals surface area contributed by atoms with Gasteiger partial charge in [0.05, 0.1) is 0 Å². The van der Waals surface area contributed by atoms with Crippen molar-refractivity contribution in [1.29, 1.82) is 0 Å². The molecule has 1 aromatic carbocycles. The van der Waals surface area contributed by atoms with Gasteiger partial charge < -0.3 is 5.32 Å². The van der Waals surface area contributed by atoms with Gasteiger partial charge in [0.25, 0.3) is 0 Å². The second kappa shape index (κ2) is 4.35. The van der Waals surface area contributed by atoms with Crippen LogP contribution in [0.5, 0.6) is 0 Å². The lowest BCUT2D eigenvalue weighted by atomic mass is 9.99. The van der Waals surface area contributed by atoms with Crippen LogP contribution in [0, 0.1) is 0 Å². The van der Waals surface area contributed by atoms with Crippen LogP contribution in [0.3, 0.4) is 0 Å². The van der Waals surface area contributed by atoms with Gasteiger partial charge >= 0.3 is 6.18 Å². The van der Waals surface area contributed by atoms with Crippen molar-refractivity contribution in [2.45, 2.75) is 19.3 Å². The van der Waals surface area contributed by atoms with Gasteiger partial charge in [-0.15, -0.1) is 0 Å². The van der Waals surface area contributed by atoms with Crippen molar-refractivity contribution in [2.24, 2.45) is 0 Å². The fraction of sp³-hybridized carbons (Fsp3) is 0.214. The third-order valence-corrected chi connectivity index (χ3v) is 3.22. The fourth-order valence-corrected chi connectivity index (χ4v) is 2.33. The molecule has 2 aromatic rings. The van der Waals surface area contributed by atoms with Crippen LogP contribution in [0.15, 0.2) is 36.5 Å². The molecular formula is C14H11F3N2. The predicted molar refractivity (Wildman–Crippen MR) is 65.2 cm³/mol. The molecule has 5 heteroatoms. The Morgan fingerprint density at radius 3 is 2.63 bits per heavy atom. The number of halogens is 3. The molecule has 0 bridgehead atoms. The van der Waals surface area contributed by atoms with Gasteiger partial charge in [0.15, 0.2) is 5.69 Å². The Morgan fingerprint density at radius 2 is 1.84 bits per heavy atom. The van der Waals surface area contributed by atoms with E-state index in [0.29, 0.717) is 12.1 Å². The van der Waals surface area contributed by atoms with Gasteiger partial charge in [-0.3, -0.25) is 4.98 Å². The van der Waals surface area contributed by atoms with Crippen LogP contribution in [-0.2, 0) is 19.3 Å². The summed E-state index contributed by atoms with van der Waals surface area (Å²) in [7, 11) is 0. The highest BCUT2D eigenvalue weighted by Gasteiger charge is 2.35. The average molecular weight is 264 g/mol. The Morgan fingerprint density at radius 1 is 1.05 bits per heavy atom. The molecule has 1 aliphatic heterocycles. The summed E-state index contributed by atoms with van der Waals surface area (Å²) >= 11 is 0. The van der Waals surface area contributed by atoms with Crippen molar-refractivity contribution in [1.82, 2.24) is 10.3 Å². The summed E-state index contributed by atoms with van der Waals surface area (Å²) in [6.45, 7) is 1.47. The topological polar surface area (TPSA) is 24.9 Å². The number of pyridine rings is 1. The zero-order valence-corrected chi connectivity index (χ0v) is 9.96. The maximum Gasteiger partial charge on any atom is 0.433 e. The van der Waals surface area contributed by atoms with E-state index in [1.165, 1.54) is 18.3 Å². The first-order valence-electron chi connectivity index (χ1n) is 5.91. The van der Waals surface area contributed by atoms with Crippen LogP contribution in [-0.4, -0.2) is 4.98 Å². The Bertz CT molecular complexity index is 620. The van der Waals surface area contributed by atoms with E-state index < -0.39 is 11.9 Å². The summed E-state index contributed by atoms with van der Waals surface area (Å²) in [6.07, 6.45) is -3.27. The predicted octanol–water partition coefficient (Wildman–Crippen LogP) is 3.37. The molecular weight excluding hydrogens is 253 g/mol. The largest absolute Gasteiger partial charge is 0.433 e. The Kier molecular flexibility index (Phi) is 2.78. The molecule has 98 valence electrons. The van der Waals surface area contributed by atoms with E-state index in [4.69, 9.17) is 0 Å². The van der Waals surface area contributed by atoms with Gasteiger partial charge in [-0.05, 0) is 28.8 Å². The summed E-state index contributed by atoms with van der Waals surface area (Å²) in [5.74, 6) is 0. The number of hydrogen-bond acceptors (Lipinski definition) is 2. The molecule has 0 amide bonds. The summed E-state index contributed by atoms with van der Waals surface area (Å²) < 4.78 is 38.8. The van der Waals surface area contributed by atoms with Gasteiger partial charge in [-0.1, -0.05) is 18.2 Å². The molecule has 1 aromatic heterocycles. The Balaban J connectivity index is 2.12. The molecule has 19 heavy (non-hydrogen) atoms. The second-order valence-electron chi connectivity index (χ2n) is 4.48. The van der Waals surface area contributed by atoms with Gasteiger partial charge in [-0.2, -0.15) is 13.2 Å². The standard InChI is InChI=1S/C14H11F3N2/c15-14(16,17)13-12(2-1-5-19-13)9-3-4-10-7-18-8-11(10)6-9/h1-6,18H,7-8H2. The lowest BCUT2D eigenvalue weighted by Gasteiger charge is -2.12. The number of alkyl halides is 3. The minimum absolute atomic E-state index is 0.129. The van der Waals surface area contributed by atoms with Crippen molar-refractivity contribution < 1.29 is 13.2 Å². The zero-order valence-electron chi connectivity index (χ0n) is 9.96. The fourth-order valence-electron chi connectivity index (χ4n) is 2.33. The maximum absolute atomic E-state index is 12.9. The van der Waals surface area contributed by atoms with Crippen molar-refractivity contribution >= 4 is 0 Å². The van der Waals surface area contributed by atoms with Crippen LogP contribution in [0.2, 0.25) is 0 Å². The van der Waals surface area contributed by atoms with Crippen LogP contribution in [0.1, 0.15) is 16.8 Å². The number of aromatic nitrogens is 1. The minimum Gasteiger partial charge on any atom is -0.309 e. The van der Waals surface area contributed by atoms with Gasteiger partial charge in [-0.25, -0.2) is 0 Å². The number of hydrogen-bond donors (Lipinski definition) is 1. The van der Waals surface area contributed by atoms with Crippen molar-refractivity contribution in [3.8, 4) is 11.1 Å². The zero-order chi connectivity index (χ0) is 13.5. The van der Waals surface area contributed by atoms with E-state index in [1.54, 1.807) is 6.07 Å². The molecule has 0 aliphatic carbocycles. The van der Waals surface area contributed by atoms with Crippen LogP contribution < -0.4 is 5.32 Å². The highest BCUT2D eigenvalue weighted by atomic mass is 19.4. The number of fused-ring (bicyclic) bond motifs is 1. The average Bonchev–Trinajstić information content (AvgIpc) is 2.85. The normalized spacial score (nSPS) is 14.5. The van der Waals surface area contributed by atoms with Gasteiger partial charge in [0.2, 0.25) is 0 Å². The number of nitrogens with zero attached hydrogens (tertiary/aromatic N) is 1. The molecule has 0 spiro atoms. The molecule has 0 saturated carbocycles. The smallest absolute Gasteiger partial charge is 0.309 e. The molecule has 0 radical (unpaired) electrons. The number of benzene rings is 1. The molecule has 0 unspecified atom stereocenters. The van der Waals surface area contributed by atoms with E-state index in [-0.39, 0.29) is 5.56 Å². The van der Waals surface area contributed by atoms with Crippen LogP contribution >= 0.6 is 0 Å². The molecule has 0 saturated heterocycles. The Hall–Kier alpha value is -1.88. The van der Waals surface area contributed by atoms with Crippen LogP contribution in [0.4, 0.5) is 13.2 Å². The number of rotatable bonds is 1.